The first-order chi connectivity index (χ1) is 15.5. The van der Waals surface area contributed by atoms with Crippen molar-refractivity contribution in [2.24, 2.45) is 5.41 Å². The topological polar surface area (TPSA) is 104 Å². The lowest BCUT2D eigenvalue weighted by atomic mass is 9.95. The Balaban J connectivity index is 1.71. The van der Waals surface area contributed by atoms with Crippen LogP contribution >= 0.6 is 0 Å². The van der Waals surface area contributed by atoms with Crippen molar-refractivity contribution in [2.75, 3.05) is 10.6 Å². The minimum Gasteiger partial charge on any atom is -0.326 e. The van der Waals surface area contributed by atoms with Gasteiger partial charge >= 0.3 is 0 Å². The number of sulfonamides is 1. The highest BCUT2D eigenvalue weighted by molar-refractivity contribution is 7.89. The molecular formula is C25H27N3O4S. The van der Waals surface area contributed by atoms with Gasteiger partial charge in [0.2, 0.25) is 15.9 Å². The van der Waals surface area contributed by atoms with E-state index >= 15 is 0 Å². The number of benzene rings is 3. The van der Waals surface area contributed by atoms with Crippen LogP contribution in [0.4, 0.5) is 11.4 Å². The Hall–Kier alpha value is -3.49. The number of hydrogen-bond acceptors (Lipinski definition) is 4. The lowest BCUT2D eigenvalue weighted by Crippen LogP contribution is -2.27. The minimum atomic E-state index is -3.80. The zero-order chi connectivity index (χ0) is 24.1. The Labute approximate surface area is 194 Å². The molecule has 172 valence electrons. The Morgan fingerprint density at radius 1 is 0.788 bits per heavy atom. The Morgan fingerprint density at radius 3 is 2.09 bits per heavy atom. The number of rotatable bonds is 7. The molecule has 3 aromatic rings. The summed E-state index contributed by atoms with van der Waals surface area (Å²) in [6, 6.07) is 21.8. The maximum Gasteiger partial charge on any atom is 0.255 e. The smallest absolute Gasteiger partial charge is 0.255 e. The van der Waals surface area contributed by atoms with E-state index in [2.05, 4.69) is 15.4 Å². The van der Waals surface area contributed by atoms with E-state index in [1.165, 1.54) is 24.3 Å². The molecule has 0 radical (unpaired) electrons. The molecule has 0 saturated carbocycles. The third kappa shape index (κ3) is 6.74. The first-order valence-corrected chi connectivity index (χ1v) is 11.9. The third-order valence-electron chi connectivity index (χ3n) is 4.78. The second-order valence-corrected chi connectivity index (χ2v) is 10.3. The van der Waals surface area contributed by atoms with Gasteiger partial charge in [0.25, 0.3) is 5.91 Å². The quantitative estimate of drug-likeness (QED) is 0.481. The molecule has 0 aliphatic heterocycles. The Kier molecular flexibility index (Phi) is 7.30. The lowest BCUT2D eigenvalue weighted by molar-refractivity contribution is -0.123. The first kappa shape index (κ1) is 24.2. The standard InChI is InChI=1S/C25H27N3O4S/c1-25(2,3)24(30)28-21-13-8-12-20(16-21)27-23(29)19-11-7-14-22(15-19)33(31,32)26-17-18-9-5-4-6-10-18/h4-16,26H,17H2,1-3H3,(H,27,29)(H,28,30). The van der Waals surface area contributed by atoms with Crippen LogP contribution in [0.5, 0.6) is 0 Å². The molecule has 7 nitrogen and oxygen atoms in total. The average Bonchev–Trinajstić information content (AvgIpc) is 2.78. The fourth-order valence-corrected chi connectivity index (χ4v) is 3.92. The molecule has 0 spiro atoms. The number of carbonyl (C=O) groups is 2. The third-order valence-corrected chi connectivity index (χ3v) is 6.17. The number of carbonyl (C=O) groups excluding carboxylic acids is 2. The fourth-order valence-electron chi connectivity index (χ4n) is 2.86. The molecule has 3 N–H and O–H groups in total. The highest BCUT2D eigenvalue weighted by Gasteiger charge is 2.21. The van der Waals surface area contributed by atoms with Crippen molar-refractivity contribution >= 4 is 33.2 Å². The van der Waals surface area contributed by atoms with Crippen molar-refractivity contribution in [3.63, 3.8) is 0 Å². The molecule has 0 unspecified atom stereocenters. The van der Waals surface area contributed by atoms with Crippen LogP contribution in [-0.4, -0.2) is 20.2 Å². The molecule has 2 amide bonds. The van der Waals surface area contributed by atoms with Crippen LogP contribution in [0.2, 0.25) is 0 Å². The van der Waals surface area contributed by atoms with E-state index in [0.717, 1.165) is 5.56 Å². The van der Waals surface area contributed by atoms with E-state index in [-0.39, 0.29) is 22.9 Å². The van der Waals surface area contributed by atoms with Gasteiger partial charge in [-0.25, -0.2) is 13.1 Å². The van der Waals surface area contributed by atoms with Gasteiger partial charge in [-0.2, -0.15) is 0 Å². The van der Waals surface area contributed by atoms with Crippen LogP contribution in [0.1, 0.15) is 36.7 Å². The van der Waals surface area contributed by atoms with Gasteiger partial charge in [0.15, 0.2) is 0 Å². The summed E-state index contributed by atoms with van der Waals surface area (Å²) in [4.78, 5) is 25.0. The molecule has 33 heavy (non-hydrogen) atoms. The van der Waals surface area contributed by atoms with Gasteiger partial charge in [-0.05, 0) is 42.0 Å². The van der Waals surface area contributed by atoms with Gasteiger partial charge in [-0.1, -0.05) is 63.2 Å². The summed E-state index contributed by atoms with van der Waals surface area (Å²) in [6.45, 7) is 5.57. The first-order valence-electron chi connectivity index (χ1n) is 10.4. The van der Waals surface area contributed by atoms with Crippen LogP contribution in [-0.2, 0) is 21.4 Å². The van der Waals surface area contributed by atoms with E-state index in [0.29, 0.717) is 11.4 Å². The van der Waals surface area contributed by atoms with Crippen molar-refractivity contribution in [3.8, 4) is 0 Å². The summed E-state index contributed by atoms with van der Waals surface area (Å²) in [5.41, 5.74) is 1.49. The molecule has 0 saturated heterocycles. The van der Waals surface area contributed by atoms with Crippen LogP contribution in [0.15, 0.2) is 83.8 Å². The molecule has 0 aliphatic carbocycles. The van der Waals surface area contributed by atoms with E-state index in [1.54, 1.807) is 24.3 Å². The summed E-state index contributed by atoms with van der Waals surface area (Å²) in [7, 11) is -3.80. The highest BCUT2D eigenvalue weighted by Crippen LogP contribution is 2.21. The molecule has 3 aromatic carbocycles. The van der Waals surface area contributed by atoms with Crippen LogP contribution in [0.3, 0.4) is 0 Å². The number of hydrogen-bond donors (Lipinski definition) is 3. The largest absolute Gasteiger partial charge is 0.326 e. The molecule has 0 aromatic heterocycles. The predicted molar refractivity (Wildman–Crippen MR) is 129 cm³/mol. The van der Waals surface area contributed by atoms with E-state index in [4.69, 9.17) is 0 Å². The summed E-state index contributed by atoms with van der Waals surface area (Å²) < 4.78 is 27.9. The van der Waals surface area contributed by atoms with Crippen molar-refractivity contribution < 1.29 is 18.0 Å². The summed E-state index contributed by atoms with van der Waals surface area (Å²) in [5, 5.41) is 5.56. The van der Waals surface area contributed by atoms with Crippen molar-refractivity contribution in [1.82, 2.24) is 4.72 Å². The van der Waals surface area contributed by atoms with Gasteiger partial charge in [-0.15, -0.1) is 0 Å². The van der Waals surface area contributed by atoms with Crippen LogP contribution in [0.25, 0.3) is 0 Å². The Morgan fingerprint density at radius 2 is 1.42 bits per heavy atom. The molecule has 3 rings (SSSR count). The maximum absolute atomic E-state index is 12.8. The summed E-state index contributed by atoms with van der Waals surface area (Å²) >= 11 is 0. The minimum absolute atomic E-state index is 0.00253. The van der Waals surface area contributed by atoms with E-state index in [1.807, 2.05) is 51.1 Å². The summed E-state index contributed by atoms with van der Waals surface area (Å²) in [5.74, 6) is -0.610. The second-order valence-electron chi connectivity index (χ2n) is 8.58. The second kappa shape index (κ2) is 9.97. The van der Waals surface area contributed by atoms with Crippen molar-refractivity contribution in [2.45, 2.75) is 32.2 Å². The monoisotopic (exact) mass is 465 g/mol. The van der Waals surface area contributed by atoms with E-state index < -0.39 is 21.3 Å². The molecule has 0 bridgehead atoms. The van der Waals surface area contributed by atoms with Gasteiger partial charge < -0.3 is 10.6 Å². The average molecular weight is 466 g/mol. The van der Waals surface area contributed by atoms with Gasteiger partial charge in [-0.3, -0.25) is 9.59 Å². The van der Waals surface area contributed by atoms with E-state index in [9.17, 15) is 18.0 Å². The molecule has 8 heteroatoms. The van der Waals surface area contributed by atoms with Crippen LogP contribution in [0, 0.1) is 5.41 Å². The Bertz CT molecular complexity index is 1250. The zero-order valence-corrected chi connectivity index (χ0v) is 19.6. The number of anilines is 2. The maximum atomic E-state index is 12.8. The number of amides is 2. The highest BCUT2D eigenvalue weighted by atomic mass is 32.2. The van der Waals surface area contributed by atoms with Gasteiger partial charge in [0.1, 0.15) is 0 Å². The molecule has 0 atom stereocenters. The van der Waals surface area contributed by atoms with Gasteiger partial charge in [0, 0.05) is 28.9 Å². The van der Waals surface area contributed by atoms with Gasteiger partial charge in [0.05, 0.1) is 4.90 Å². The predicted octanol–water partition coefficient (Wildman–Crippen LogP) is 4.40. The normalized spacial score (nSPS) is 11.6. The SMILES string of the molecule is CC(C)(C)C(=O)Nc1cccc(NC(=O)c2cccc(S(=O)(=O)NCc3ccccc3)c2)c1. The number of nitrogens with one attached hydrogen (secondary N) is 3. The lowest BCUT2D eigenvalue weighted by Gasteiger charge is -2.18. The van der Waals surface area contributed by atoms with Crippen molar-refractivity contribution in [3.05, 3.63) is 90.0 Å². The molecule has 0 aliphatic rings. The summed E-state index contributed by atoms with van der Waals surface area (Å²) in [6.07, 6.45) is 0. The molecule has 0 heterocycles. The zero-order valence-electron chi connectivity index (χ0n) is 18.8. The molecule has 0 fully saturated rings. The molecular weight excluding hydrogens is 438 g/mol. The van der Waals surface area contributed by atoms with Crippen LogP contribution < -0.4 is 15.4 Å². The fraction of sp³-hybridized carbons (Fsp3) is 0.200. The van der Waals surface area contributed by atoms with Crippen molar-refractivity contribution in [1.29, 1.82) is 0 Å².